The number of nitrogens with one attached hydrogen (secondary N) is 1. The normalized spacial score (nSPS) is 22.0. The second-order valence-corrected chi connectivity index (χ2v) is 10.1. The van der Waals surface area contributed by atoms with Crippen LogP contribution in [0, 0.1) is 11.8 Å². The van der Waals surface area contributed by atoms with Crippen LogP contribution >= 0.6 is 15.9 Å². The summed E-state index contributed by atoms with van der Waals surface area (Å²) < 4.78 is 34.0. The minimum atomic E-state index is -1.32. The first-order chi connectivity index (χ1) is 20.0. The van der Waals surface area contributed by atoms with E-state index in [0.29, 0.717) is 0 Å². The van der Waals surface area contributed by atoms with E-state index >= 15 is 0 Å². The van der Waals surface area contributed by atoms with Crippen molar-refractivity contribution in [3.8, 4) is 11.8 Å². The van der Waals surface area contributed by atoms with Gasteiger partial charge in [0.1, 0.15) is 25.4 Å². The molecule has 0 aliphatic carbocycles. The highest BCUT2D eigenvalue weighted by Gasteiger charge is 2.52. The summed E-state index contributed by atoms with van der Waals surface area (Å²) in [5.41, 5.74) is 1.77. The fourth-order valence-corrected chi connectivity index (χ4v) is 4.41. The highest BCUT2D eigenvalue weighted by Crippen LogP contribution is 2.30. The number of halogens is 1. The Morgan fingerprint density at radius 3 is 2.02 bits per heavy atom. The Labute approximate surface area is 252 Å². The second kappa shape index (κ2) is 15.9. The summed E-state index contributed by atoms with van der Waals surface area (Å²) in [5.74, 6) is 3.32. The number of ether oxygens (including phenoxy) is 6. The van der Waals surface area contributed by atoms with Gasteiger partial charge in [0, 0.05) is 37.9 Å². The topological polar surface area (TPSA) is 136 Å². The van der Waals surface area contributed by atoms with Crippen molar-refractivity contribution in [1.82, 2.24) is 0 Å². The number of hydrogen-bond acceptors (Lipinski definition) is 11. The molecule has 0 amide bonds. The van der Waals surface area contributed by atoms with E-state index in [4.69, 9.17) is 28.4 Å². The first-order valence-corrected chi connectivity index (χ1v) is 13.8. The minimum absolute atomic E-state index is 0.183. The van der Waals surface area contributed by atoms with Crippen molar-refractivity contribution >= 4 is 45.5 Å². The predicted octanol–water partition coefficient (Wildman–Crippen LogP) is 3.71. The minimum Gasteiger partial charge on any atom is -0.463 e. The summed E-state index contributed by atoms with van der Waals surface area (Å²) >= 11 is 3.44. The quantitative estimate of drug-likeness (QED) is 0.230. The fourth-order valence-electron chi connectivity index (χ4n) is 4.15. The highest BCUT2D eigenvalue weighted by molar-refractivity contribution is 9.10. The van der Waals surface area contributed by atoms with Crippen LogP contribution in [0.1, 0.15) is 39.3 Å². The lowest BCUT2D eigenvalue weighted by Crippen LogP contribution is -2.63. The zero-order valence-corrected chi connectivity index (χ0v) is 25.1. The molecule has 0 aromatic heterocycles. The molecule has 1 aliphatic rings. The molecule has 0 radical (unpaired) electrons. The number of anilines is 1. The lowest BCUT2D eigenvalue weighted by Gasteiger charge is -2.43. The van der Waals surface area contributed by atoms with Crippen molar-refractivity contribution < 1.29 is 47.6 Å². The molecule has 6 atom stereocenters. The molecular weight excluding hydrogens is 614 g/mol. The van der Waals surface area contributed by atoms with E-state index in [-0.39, 0.29) is 13.2 Å². The Hall–Kier alpha value is -3.92. The van der Waals surface area contributed by atoms with E-state index in [9.17, 15) is 19.2 Å². The van der Waals surface area contributed by atoms with Crippen molar-refractivity contribution in [3.63, 3.8) is 0 Å². The van der Waals surface area contributed by atoms with Crippen LogP contribution in [0.5, 0.6) is 0 Å². The van der Waals surface area contributed by atoms with Gasteiger partial charge in [0.2, 0.25) is 0 Å². The Morgan fingerprint density at radius 1 is 0.833 bits per heavy atom. The highest BCUT2D eigenvalue weighted by atomic mass is 79.9. The molecule has 1 unspecified atom stereocenters. The van der Waals surface area contributed by atoms with Gasteiger partial charge in [-0.15, -0.1) is 0 Å². The summed E-state index contributed by atoms with van der Waals surface area (Å²) in [4.78, 5) is 47.4. The second-order valence-electron chi connectivity index (χ2n) is 9.19. The lowest BCUT2D eigenvalue weighted by atomic mass is 9.98. The van der Waals surface area contributed by atoms with Crippen molar-refractivity contribution in [2.45, 2.75) is 64.4 Å². The summed E-state index contributed by atoms with van der Waals surface area (Å²) in [6, 6.07) is 16.8. The first-order valence-electron chi connectivity index (χ1n) is 13.0. The Bertz CT molecular complexity index is 1290. The Kier molecular flexibility index (Phi) is 12.3. The maximum Gasteiger partial charge on any atom is 0.303 e. The number of esters is 4. The first kappa shape index (κ1) is 32.6. The monoisotopic (exact) mass is 645 g/mol. The van der Waals surface area contributed by atoms with Crippen LogP contribution in [0.3, 0.4) is 0 Å². The van der Waals surface area contributed by atoms with Gasteiger partial charge in [-0.3, -0.25) is 19.2 Å². The van der Waals surface area contributed by atoms with E-state index in [0.717, 1.165) is 36.5 Å². The van der Waals surface area contributed by atoms with Crippen molar-refractivity contribution in [1.29, 1.82) is 0 Å². The third-order valence-electron chi connectivity index (χ3n) is 5.80. The van der Waals surface area contributed by atoms with Crippen LogP contribution in [0.2, 0.25) is 0 Å². The van der Waals surface area contributed by atoms with E-state index in [2.05, 4.69) is 33.1 Å². The van der Waals surface area contributed by atoms with Gasteiger partial charge in [-0.1, -0.05) is 58.1 Å². The molecule has 12 heteroatoms. The number of hydrogen-bond donors (Lipinski definition) is 1. The smallest absolute Gasteiger partial charge is 0.303 e. The molecule has 11 nitrogen and oxygen atoms in total. The van der Waals surface area contributed by atoms with Crippen LogP contribution < -0.4 is 5.32 Å². The molecule has 0 bridgehead atoms. The summed E-state index contributed by atoms with van der Waals surface area (Å²) in [6.07, 6.45) is -6.33. The number of carbonyl (C=O) groups is 4. The molecule has 0 saturated carbocycles. The molecule has 42 heavy (non-hydrogen) atoms. The Morgan fingerprint density at radius 2 is 1.43 bits per heavy atom. The number of benzene rings is 2. The van der Waals surface area contributed by atoms with Crippen molar-refractivity contribution in [2.75, 3.05) is 18.5 Å². The molecule has 2 aromatic rings. The average Bonchev–Trinajstić information content (AvgIpc) is 2.92. The Balaban J connectivity index is 1.86. The summed E-state index contributed by atoms with van der Waals surface area (Å²) in [7, 11) is 0. The van der Waals surface area contributed by atoms with Gasteiger partial charge in [0.05, 0.1) is 0 Å². The standard InChI is InChI=1S/C30H32BrNO10/c1-18(33)38-17-26-27(39-19(2)34)28(40-20(3)35)29(41-21(4)36)30(42-26)37-16-8-11-25(22-12-14-23(31)15-13-22)32-24-9-6-5-7-10-24/h5-7,9-10,12-15,25-30,32H,16-17H2,1-4H3/t25?,26-,27-,28+,29-,30-/m1/s1. The third-order valence-corrected chi connectivity index (χ3v) is 6.33. The molecule has 1 saturated heterocycles. The van der Waals surface area contributed by atoms with Gasteiger partial charge in [-0.25, -0.2) is 0 Å². The maximum atomic E-state index is 12.0. The number of para-hydroxylation sites is 1. The molecule has 1 heterocycles. The molecule has 1 fully saturated rings. The number of rotatable bonds is 10. The van der Waals surface area contributed by atoms with Crippen LogP contribution in [-0.2, 0) is 47.6 Å². The van der Waals surface area contributed by atoms with Gasteiger partial charge < -0.3 is 33.7 Å². The van der Waals surface area contributed by atoms with Gasteiger partial charge in [-0.2, -0.15) is 0 Å². The molecule has 0 spiro atoms. The molecule has 224 valence electrons. The fraction of sp³-hybridized carbons (Fsp3) is 0.400. The van der Waals surface area contributed by atoms with E-state index in [1.807, 2.05) is 54.6 Å². The van der Waals surface area contributed by atoms with Gasteiger partial charge >= 0.3 is 23.9 Å². The van der Waals surface area contributed by atoms with Crippen LogP contribution in [0.4, 0.5) is 5.69 Å². The van der Waals surface area contributed by atoms with Crippen LogP contribution in [0.25, 0.3) is 0 Å². The van der Waals surface area contributed by atoms with Gasteiger partial charge in [-0.05, 0) is 29.8 Å². The summed E-state index contributed by atoms with van der Waals surface area (Å²) in [6.45, 7) is 4.12. The van der Waals surface area contributed by atoms with E-state index < -0.39 is 60.6 Å². The van der Waals surface area contributed by atoms with Crippen molar-refractivity contribution in [2.24, 2.45) is 0 Å². The third kappa shape index (κ3) is 10.2. The molecule has 1 aliphatic heterocycles. The molecule has 3 rings (SSSR count). The lowest BCUT2D eigenvalue weighted by molar-refractivity contribution is -0.305. The molecular formula is C30H32BrNO10. The van der Waals surface area contributed by atoms with E-state index in [1.165, 1.54) is 6.92 Å². The van der Waals surface area contributed by atoms with Crippen molar-refractivity contribution in [3.05, 3.63) is 64.6 Å². The molecule has 2 aromatic carbocycles. The van der Waals surface area contributed by atoms with E-state index in [1.54, 1.807) is 0 Å². The zero-order valence-electron chi connectivity index (χ0n) is 23.5. The SMILES string of the molecule is CC(=O)OC[C@H]1O[C@@H](OCC#CC(Nc2ccccc2)c2ccc(Br)cc2)[C@H](OC(C)=O)[C@@H](OC(C)=O)[C@@H]1OC(C)=O. The van der Waals surface area contributed by atoms with Gasteiger partial charge in [0.25, 0.3) is 0 Å². The molecule has 1 N–H and O–H groups in total. The van der Waals surface area contributed by atoms with Gasteiger partial charge in [0.15, 0.2) is 24.6 Å². The predicted molar refractivity (Wildman–Crippen MR) is 153 cm³/mol. The zero-order chi connectivity index (χ0) is 30.6. The average molecular weight is 646 g/mol. The largest absolute Gasteiger partial charge is 0.463 e. The van der Waals surface area contributed by atoms with Crippen LogP contribution in [-0.4, -0.2) is 67.8 Å². The maximum absolute atomic E-state index is 12.0. The number of carbonyl (C=O) groups excluding carboxylic acids is 4. The van der Waals surface area contributed by atoms with Crippen LogP contribution in [0.15, 0.2) is 59.1 Å². The summed E-state index contributed by atoms with van der Waals surface area (Å²) in [5, 5.41) is 3.38.